The summed E-state index contributed by atoms with van der Waals surface area (Å²) in [5.74, 6) is -1.18. The predicted molar refractivity (Wildman–Crippen MR) is 71.5 cm³/mol. The van der Waals surface area contributed by atoms with E-state index in [4.69, 9.17) is 5.11 Å². The molecular weight excluding hydrogens is 266 g/mol. The molecule has 0 saturated carbocycles. The molecule has 2 amide bonds. The fraction of sp³-hybridized carbons (Fsp3) is 0.167. The number of benzene rings is 1. The lowest BCUT2D eigenvalue weighted by Gasteiger charge is -2.13. The molecule has 0 radical (unpaired) electrons. The summed E-state index contributed by atoms with van der Waals surface area (Å²) < 4.78 is 0. The second-order valence-corrected chi connectivity index (χ2v) is 3.82. The van der Waals surface area contributed by atoms with Crippen molar-refractivity contribution in [1.29, 1.82) is 0 Å². The van der Waals surface area contributed by atoms with E-state index >= 15 is 0 Å². The van der Waals surface area contributed by atoms with Crippen LogP contribution >= 0.6 is 0 Å². The van der Waals surface area contributed by atoms with Crippen molar-refractivity contribution >= 4 is 23.4 Å². The maximum Gasteiger partial charge on any atom is 0.326 e. The molecule has 1 atom stereocenters. The van der Waals surface area contributed by atoms with E-state index in [0.717, 1.165) is 0 Å². The summed E-state index contributed by atoms with van der Waals surface area (Å²) >= 11 is 0. The third-order valence-corrected chi connectivity index (χ3v) is 2.34. The van der Waals surface area contributed by atoms with Gasteiger partial charge in [-0.05, 0) is 18.6 Å². The smallest absolute Gasteiger partial charge is 0.326 e. The quantitative estimate of drug-likeness (QED) is 0.416. The zero-order valence-electron chi connectivity index (χ0n) is 10.4. The minimum Gasteiger partial charge on any atom is -0.480 e. The number of amides is 2. The Morgan fingerprint density at radius 2 is 2.00 bits per heavy atom. The van der Waals surface area contributed by atoms with Crippen molar-refractivity contribution in [3.05, 3.63) is 47.0 Å². The molecule has 0 fully saturated rings. The minimum atomic E-state index is -1.18. The Bertz CT molecular complexity index is 526. The van der Waals surface area contributed by atoms with Gasteiger partial charge in [0.05, 0.1) is 4.92 Å². The number of anilines is 1. The van der Waals surface area contributed by atoms with Gasteiger partial charge >= 0.3 is 12.0 Å². The molecule has 0 aromatic heterocycles. The predicted octanol–water partition coefficient (Wildman–Crippen LogP) is 1.75. The van der Waals surface area contributed by atoms with Gasteiger partial charge in [0.25, 0.3) is 5.69 Å². The number of nitro benzene ring substituents is 1. The highest BCUT2D eigenvalue weighted by atomic mass is 16.6. The van der Waals surface area contributed by atoms with Crippen LogP contribution in [0.25, 0.3) is 0 Å². The van der Waals surface area contributed by atoms with E-state index in [0.29, 0.717) is 5.69 Å². The summed E-state index contributed by atoms with van der Waals surface area (Å²) in [6.45, 7) is 3.40. The highest BCUT2D eigenvalue weighted by molar-refractivity contribution is 5.92. The fourth-order valence-electron chi connectivity index (χ4n) is 1.38. The topological polar surface area (TPSA) is 122 Å². The summed E-state index contributed by atoms with van der Waals surface area (Å²) in [4.78, 5) is 32.3. The Hall–Kier alpha value is -2.90. The molecule has 0 aliphatic carbocycles. The Balaban J connectivity index is 2.63. The number of carbonyl (C=O) groups is 2. The average Bonchev–Trinajstić information content (AvgIpc) is 2.38. The number of nitrogens with zero attached hydrogens (tertiary/aromatic N) is 1. The molecule has 0 aliphatic heterocycles. The number of non-ortho nitro benzene ring substituents is 1. The van der Waals surface area contributed by atoms with E-state index < -0.39 is 23.0 Å². The van der Waals surface area contributed by atoms with Crippen molar-refractivity contribution in [2.75, 3.05) is 5.32 Å². The van der Waals surface area contributed by atoms with E-state index in [1.807, 2.05) is 0 Å². The SMILES string of the molecule is C=CCC(NC(=O)Nc1ccc([N+](=O)[O-])cc1)C(=O)O. The second-order valence-electron chi connectivity index (χ2n) is 3.82. The van der Waals surface area contributed by atoms with Crippen LogP contribution in [-0.4, -0.2) is 28.1 Å². The summed E-state index contributed by atoms with van der Waals surface area (Å²) in [5.41, 5.74) is 0.210. The molecule has 1 rings (SSSR count). The number of hydrogen-bond acceptors (Lipinski definition) is 4. The van der Waals surface area contributed by atoms with Gasteiger partial charge in [0.1, 0.15) is 6.04 Å². The normalized spacial score (nSPS) is 11.2. The molecule has 0 saturated heterocycles. The van der Waals surface area contributed by atoms with Crippen LogP contribution in [0.3, 0.4) is 0 Å². The van der Waals surface area contributed by atoms with Gasteiger partial charge in [0, 0.05) is 17.8 Å². The maximum atomic E-state index is 11.6. The summed E-state index contributed by atoms with van der Waals surface area (Å²) in [6.07, 6.45) is 1.47. The Morgan fingerprint density at radius 1 is 1.40 bits per heavy atom. The molecule has 3 N–H and O–H groups in total. The summed E-state index contributed by atoms with van der Waals surface area (Å²) in [7, 11) is 0. The molecule has 0 bridgehead atoms. The lowest BCUT2D eigenvalue weighted by atomic mass is 10.2. The first-order valence-corrected chi connectivity index (χ1v) is 5.59. The van der Waals surface area contributed by atoms with Crippen molar-refractivity contribution < 1.29 is 19.6 Å². The lowest BCUT2D eigenvalue weighted by molar-refractivity contribution is -0.384. The average molecular weight is 279 g/mol. The van der Waals surface area contributed by atoms with Gasteiger partial charge < -0.3 is 15.7 Å². The number of carbonyl (C=O) groups excluding carboxylic acids is 1. The third-order valence-electron chi connectivity index (χ3n) is 2.34. The van der Waals surface area contributed by atoms with E-state index in [9.17, 15) is 19.7 Å². The highest BCUT2D eigenvalue weighted by Crippen LogP contribution is 2.15. The van der Waals surface area contributed by atoms with Gasteiger partial charge in [-0.1, -0.05) is 6.08 Å². The van der Waals surface area contributed by atoms with Crippen molar-refractivity contribution in [3.63, 3.8) is 0 Å². The van der Waals surface area contributed by atoms with E-state index in [1.54, 1.807) is 0 Å². The van der Waals surface area contributed by atoms with Crippen molar-refractivity contribution in [2.24, 2.45) is 0 Å². The fourth-order valence-corrected chi connectivity index (χ4v) is 1.38. The molecule has 8 nitrogen and oxygen atoms in total. The number of nitrogens with one attached hydrogen (secondary N) is 2. The Kier molecular flexibility index (Phi) is 5.21. The van der Waals surface area contributed by atoms with Crippen LogP contribution in [-0.2, 0) is 4.79 Å². The number of rotatable bonds is 6. The van der Waals surface area contributed by atoms with E-state index in [2.05, 4.69) is 17.2 Å². The monoisotopic (exact) mass is 279 g/mol. The number of urea groups is 1. The van der Waals surface area contributed by atoms with Crippen LogP contribution in [0.4, 0.5) is 16.2 Å². The molecule has 106 valence electrons. The van der Waals surface area contributed by atoms with Gasteiger partial charge in [-0.15, -0.1) is 6.58 Å². The second kappa shape index (κ2) is 6.88. The lowest BCUT2D eigenvalue weighted by Crippen LogP contribution is -2.42. The largest absolute Gasteiger partial charge is 0.480 e. The summed E-state index contributed by atoms with van der Waals surface area (Å²) in [6, 6.07) is 3.36. The van der Waals surface area contributed by atoms with Gasteiger partial charge in [-0.25, -0.2) is 9.59 Å². The van der Waals surface area contributed by atoms with Crippen LogP contribution in [0.15, 0.2) is 36.9 Å². The molecular formula is C12H13N3O5. The molecule has 1 aromatic carbocycles. The first kappa shape index (κ1) is 15.2. The first-order valence-electron chi connectivity index (χ1n) is 5.59. The molecule has 0 spiro atoms. The van der Waals surface area contributed by atoms with Gasteiger partial charge in [0.15, 0.2) is 0 Å². The zero-order chi connectivity index (χ0) is 15.1. The molecule has 20 heavy (non-hydrogen) atoms. The van der Waals surface area contributed by atoms with E-state index in [1.165, 1.54) is 30.3 Å². The van der Waals surface area contributed by atoms with Gasteiger partial charge in [-0.2, -0.15) is 0 Å². The number of aliphatic carboxylic acids is 1. The van der Waals surface area contributed by atoms with Crippen LogP contribution < -0.4 is 10.6 Å². The number of carboxylic acid groups (broad SMARTS) is 1. The van der Waals surface area contributed by atoms with Crippen molar-refractivity contribution in [2.45, 2.75) is 12.5 Å². The molecule has 1 unspecified atom stereocenters. The number of carboxylic acids is 1. The third kappa shape index (κ3) is 4.41. The van der Waals surface area contributed by atoms with Gasteiger partial charge in [0.2, 0.25) is 0 Å². The highest BCUT2D eigenvalue weighted by Gasteiger charge is 2.18. The Labute approximate surface area is 114 Å². The molecule has 1 aromatic rings. The molecule has 0 aliphatic rings. The van der Waals surface area contributed by atoms with Crippen LogP contribution in [0.5, 0.6) is 0 Å². The van der Waals surface area contributed by atoms with Crippen molar-refractivity contribution in [3.8, 4) is 0 Å². The first-order chi connectivity index (χ1) is 9.43. The molecule has 8 heteroatoms. The standard InChI is InChI=1S/C12H13N3O5/c1-2-3-10(11(16)17)14-12(18)13-8-4-6-9(7-5-8)15(19)20/h2,4-7,10H,1,3H2,(H,16,17)(H2,13,14,18). The van der Waals surface area contributed by atoms with Crippen LogP contribution in [0.2, 0.25) is 0 Å². The van der Waals surface area contributed by atoms with Crippen molar-refractivity contribution in [1.82, 2.24) is 5.32 Å². The van der Waals surface area contributed by atoms with E-state index in [-0.39, 0.29) is 12.1 Å². The van der Waals surface area contributed by atoms with Crippen LogP contribution in [0, 0.1) is 10.1 Å². The summed E-state index contributed by atoms with van der Waals surface area (Å²) in [5, 5.41) is 23.9. The number of nitro groups is 1. The zero-order valence-corrected chi connectivity index (χ0v) is 10.4. The molecule has 0 heterocycles. The maximum absolute atomic E-state index is 11.6. The Morgan fingerprint density at radius 3 is 2.45 bits per heavy atom. The minimum absolute atomic E-state index is 0.0863. The number of hydrogen-bond donors (Lipinski definition) is 3. The van der Waals surface area contributed by atoms with Gasteiger partial charge in [-0.3, -0.25) is 10.1 Å². The van der Waals surface area contributed by atoms with Crippen LogP contribution in [0.1, 0.15) is 6.42 Å².